The van der Waals surface area contributed by atoms with Crippen LogP contribution in [0.2, 0.25) is 0 Å². The van der Waals surface area contributed by atoms with Gasteiger partial charge in [0.1, 0.15) is 0 Å². The van der Waals surface area contributed by atoms with Gasteiger partial charge in [-0.15, -0.1) is 0 Å². The lowest BCUT2D eigenvalue weighted by atomic mass is 10.2. The van der Waals surface area contributed by atoms with Crippen LogP contribution in [0, 0.1) is 0 Å². The largest absolute Gasteiger partial charge is 0.453 e. The number of amides is 1. The van der Waals surface area contributed by atoms with Gasteiger partial charge in [0, 0.05) is 20.2 Å². The zero-order chi connectivity index (χ0) is 15.0. The van der Waals surface area contributed by atoms with Gasteiger partial charge in [0.05, 0.1) is 18.6 Å². The molecule has 112 valence electrons. The first-order valence-corrected chi connectivity index (χ1v) is 7.37. The smallest absolute Gasteiger partial charge is 0.407 e. The van der Waals surface area contributed by atoms with Crippen LogP contribution in [-0.4, -0.2) is 41.9 Å². The van der Waals surface area contributed by atoms with Crippen LogP contribution in [0.3, 0.4) is 0 Å². The quantitative estimate of drug-likeness (QED) is 0.714. The molecular formula is C12H18N2O5S. The second kappa shape index (κ2) is 7.83. The number of ether oxygens (including phenoxy) is 2. The minimum absolute atomic E-state index is 0.162. The first-order valence-electron chi connectivity index (χ1n) is 5.89. The van der Waals surface area contributed by atoms with Crippen LogP contribution in [0.15, 0.2) is 29.2 Å². The van der Waals surface area contributed by atoms with E-state index in [9.17, 15) is 13.2 Å². The van der Waals surface area contributed by atoms with Crippen molar-refractivity contribution in [1.82, 2.24) is 10.0 Å². The Bertz CT molecular complexity index is 527. The number of sulfonamides is 1. The number of hydrogen-bond donors (Lipinski definition) is 2. The molecule has 0 aliphatic heterocycles. The highest BCUT2D eigenvalue weighted by Gasteiger charge is 2.12. The highest BCUT2D eigenvalue weighted by molar-refractivity contribution is 7.89. The van der Waals surface area contributed by atoms with Crippen molar-refractivity contribution in [2.75, 3.05) is 27.4 Å². The second-order valence-corrected chi connectivity index (χ2v) is 5.65. The maximum atomic E-state index is 11.9. The molecule has 0 saturated carbocycles. The van der Waals surface area contributed by atoms with Gasteiger partial charge < -0.3 is 14.8 Å². The summed E-state index contributed by atoms with van der Waals surface area (Å²) in [6.07, 6.45) is -0.539. The molecule has 0 aliphatic rings. The Labute approximate surface area is 118 Å². The molecule has 0 fully saturated rings. The van der Waals surface area contributed by atoms with Crippen molar-refractivity contribution in [3.63, 3.8) is 0 Å². The maximum absolute atomic E-state index is 11.9. The van der Waals surface area contributed by atoms with Crippen LogP contribution in [0.5, 0.6) is 0 Å². The number of carbonyl (C=O) groups excluding carboxylic acids is 1. The highest BCUT2D eigenvalue weighted by atomic mass is 32.2. The monoisotopic (exact) mass is 302 g/mol. The van der Waals surface area contributed by atoms with Crippen LogP contribution in [0.1, 0.15) is 5.56 Å². The maximum Gasteiger partial charge on any atom is 0.407 e. The van der Waals surface area contributed by atoms with Crippen LogP contribution >= 0.6 is 0 Å². The van der Waals surface area contributed by atoms with E-state index in [2.05, 4.69) is 14.8 Å². The second-order valence-electron chi connectivity index (χ2n) is 3.88. The SMILES string of the molecule is COCCNS(=O)(=O)c1ccc(CNC(=O)OC)cc1. The molecule has 20 heavy (non-hydrogen) atoms. The van der Waals surface area contributed by atoms with Crippen molar-refractivity contribution in [3.05, 3.63) is 29.8 Å². The van der Waals surface area contributed by atoms with Gasteiger partial charge in [0.25, 0.3) is 0 Å². The predicted molar refractivity (Wildman–Crippen MR) is 72.8 cm³/mol. The molecule has 0 radical (unpaired) electrons. The molecule has 2 N–H and O–H groups in total. The summed E-state index contributed by atoms with van der Waals surface area (Å²) in [5.41, 5.74) is 0.770. The van der Waals surface area contributed by atoms with E-state index in [0.717, 1.165) is 5.56 Å². The van der Waals surface area contributed by atoms with E-state index < -0.39 is 16.1 Å². The van der Waals surface area contributed by atoms with Crippen LogP contribution in [0.4, 0.5) is 4.79 Å². The summed E-state index contributed by atoms with van der Waals surface area (Å²) in [6.45, 7) is 0.787. The molecule has 0 atom stereocenters. The van der Waals surface area contributed by atoms with E-state index in [4.69, 9.17) is 4.74 Å². The summed E-state index contributed by atoms with van der Waals surface area (Å²) in [7, 11) is -0.755. The first kappa shape index (κ1) is 16.4. The fourth-order valence-electron chi connectivity index (χ4n) is 1.39. The lowest BCUT2D eigenvalue weighted by Gasteiger charge is -2.08. The van der Waals surface area contributed by atoms with Crippen LogP contribution < -0.4 is 10.0 Å². The summed E-state index contributed by atoms with van der Waals surface area (Å²) in [5.74, 6) is 0. The van der Waals surface area contributed by atoms with E-state index in [-0.39, 0.29) is 18.0 Å². The Morgan fingerprint density at radius 2 is 1.85 bits per heavy atom. The van der Waals surface area contributed by atoms with Gasteiger partial charge in [-0.25, -0.2) is 17.9 Å². The molecule has 0 unspecified atom stereocenters. The molecular weight excluding hydrogens is 284 g/mol. The third-order valence-electron chi connectivity index (χ3n) is 2.45. The topological polar surface area (TPSA) is 93.7 Å². The van der Waals surface area contributed by atoms with E-state index in [1.807, 2.05) is 0 Å². The molecule has 0 aliphatic carbocycles. The molecule has 1 rings (SSSR count). The van der Waals surface area contributed by atoms with Gasteiger partial charge in [-0.05, 0) is 17.7 Å². The van der Waals surface area contributed by atoms with Crippen molar-refractivity contribution >= 4 is 16.1 Å². The molecule has 8 heteroatoms. The Morgan fingerprint density at radius 3 is 2.40 bits per heavy atom. The lowest BCUT2D eigenvalue weighted by Crippen LogP contribution is -2.27. The third kappa shape index (κ3) is 5.16. The minimum Gasteiger partial charge on any atom is -0.453 e. The standard InChI is InChI=1S/C12H18N2O5S/c1-18-8-7-14-20(16,17)11-5-3-10(4-6-11)9-13-12(15)19-2/h3-6,14H,7-9H2,1-2H3,(H,13,15). The fraction of sp³-hybridized carbons (Fsp3) is 0.417. The average molecular weight is 302 g/mol. The zero-order valence-corrected chi connectivity index (χ0v) is 12.2. The summed E-state index contributed by atoms with van der Waals surface area (Å²) in [4.78, 5) is 11.1. The van der Waals surface area contributed by atoms with Crippen molar-refractivity contribution in [2.24, 2.45) is 0 Å². The normalized spacial score (nSPS) is 11.1. The van der Waals surface area contributed by atoms with Gasteiger partial charge in [-0.3, -0.25) is 0 Å². The third-order valence-corrected chi connectivity index (χ3v) is 3.93. The number of methoxy groups -OCH3 is 2. The molecule has 0 aromatic heterocycles. The molecule has 0 heterocycles. The number of hydrogen-bond acceptors (Lipinski definition) is 5. The summed E-state index contributed by atoms with van der Waals surface area (Å²) in [5, 5.41) is 2.51. The fourth-order valence-corrected chi connectivity index (χ4v) is 2.41. The number of nitrogens with one attached hydrogen (secondary N) is 2. The van der Waals surface area contributed by atoms with Crippen LogP contribution in [0.25, 0.3) is 0 Å². The molecule has 0 saturated heterocycles. The van der Waals surface area contributed by atoms with Gasteiger partial charge in [0.2, 0.25) is 10.0 Å². The molecule has 1 amide bonds. The molecule has 7 nitrogen and oxygen atoms in total. The summed E-state index contributed by atoms with van der Waals surface area (Å²) < 4.78 is 35.4. The minimum atomic E-state index is -3.53. The summed E-state index contributed by atoms with van der Waals surface area (Å²) in [6, 6.07) is 6.20. The Balaban J connectivity index is 2.63. The molecule has 1 aromatic rings. The van der Waals surface area contributed by atoms with Crippen molar-refractivity contribution in [2.45, 2.75) is 11.4 Å². The van der Waals surface area contributed by atoms with E-state index in [1.165, 1.54) is 26.4 Å². The van der Waals surface area contributed by atoms with E-state index in [1.54, 1.807) is 12.1 Å². The Hall–Kier alpha value is -1.64. The van der Waals surface area contributed by atoms with E-state index in [0.29, 0.717) is 6.61 Å². The van der Waals surface area contributed by atoms with Crippen molar-refractivity contribution in [1.29, 1.82) is 0 Å². The highest BCUT2D eigenvalue weighted by Crippen LogP contribution is 2.10. The summed E-state index contributed by atoms with van der Waals surface area (Å²) >= 11 is 0. The zero-order valence-electron chi connectivity index (χ0n) is 11.4. The number of benzene rings is 1. The molecule has 0 bridgehead atoms. The number of carbonyl (C=O) groups is 1. The van der Waals surface area contributed by atoms with Gasteiger partial charge in [-0.2, -0.15) is 0 Å². The van der Waals surface area contributed by atoms with Gasteiger partial charge in [-0.1, -0.05) is 12.1 Å². The molecule has 1 aromatic carbocycles. The first-order chi connectivity index (χ1) is 9.49. The average Bonchev–Trinajstić information content (AvgIpc) is 2.45. The van der Waals surface area contributed by atoms with Gasteiger partial charge >= 0.3 is 6.09 Å². The number of alkyl carbamates (subject to hydrolysis) is 1. The van der Waals surface area contributed by atoms with E-state index >= 15 is 0 Å². The Kier molecular flexibility index (Phi) is 6.43. The van der Waals surface area contributed by atoms with Crippen molar-refractivity contribution in [3.8, 4) is 0 Å². The Morgan fingerprint density at radius 1 is 1.20 bits per heavy atom. The number of rotatable bonds is 7. The predicted octanol–water partition coefficient (Wildman–Crippen LogP) is 0.467. The lowest BCUT2D eigenvalue weighted by molar-refractivity contribution is 0.170. The van der Waals surface area contributed by atoms with Crippen LogP contribution in [-0.2, 0) is 26.0 Å². The van der Waals surface area contributed by atoms with Gasteiger partial charge in [0.15, 0.2) is 0 Å². The van der Waals surface area contributed by atoms with Crippen molar-refractivity contribution < 1.29 is 22.7 Å². The molecule has 0 spiro atoms.